The van der Waals surface area contributed by atoms with E-state index in [1.165, 1.54) is 24.3 Å². The summed E-state index contributed by atoms with van der Waals surface area (Å²) in [5.41, 5.74) is -0.0122. The minimum Gasteiger partial charge on any atom is -0.206 e. The zero-order valence-corrected chi connectivity index (χ0v) is 14.5. The third kappa shape index (κ3) is 5.92. The van der Waals surface area contributed by atoms with Crippen molar-refractivity contribution in [1.29, 1.82) is 5.26 Å². The van der Waals surface area contributed by atoms with E-state index in [4.69, 9.17) is 5.26 Å². The van der Waals surface area contributed by atoms with Crippen molar-refractivity contribution in [2.75, 3.05) is 0 Å². The minimum absolute atomic E-state index is 0.0289. The maximum absolute atomic E-state index is 14.4. The molecule has 0 fully saturated rings. The van der Waals surface area contributed by atoms with Crippen LogP contribution in [0.1, 0.15) is 43.2 Å². The van der Waals surface area contributed by atoms with Gasteiger partial charge in [0.15, 0.2) is 0 Å². The minimum atomic E-state index is -1.68. The van der Waals surface area contributed by atoms with Crippen LogP contribution in [0.4, 0.5) is 22.0 Å². The molecule has 0 N–H and O–H groups in total. The van der Waals surface area contributed by atoms with Crippen LogP contribution in [0.25, 0.3) is 11.1 Å². The van der Waals surface area contributed by atoms with Crippen molar-refractivity contribution in [3.63, 3.8) is 0 Å². The molecule has 1 nitrogen and oxygen atoms in total. The number of hydrogen-bond acceptors (Lipinski definition) is 1. The van der Waals surface area contributed by atoms with Crippen molar-refractivity contribution < 1.29 is 22.0 Å². The lowest BCUT2D eigenvalue weighted by molar-refractivity contribution is 0.416. The second-order valence-corrected chi connectivity index (χ2v) is 6.19. The van der Waals surface area contributed by atoms with Crippen LogP contribution in [0.3, 0.4) is 0 Å². The molecule has 0 unspecified atom stereocenters. The van der Waals surface area contributed by atoms with Crippen molar-refractivity contribution in [2.24, 2.45) is 0 Å². The quantitative estimate of drug-likeness (QED) is 0.361. The van der Waals surface area contributed by atoms with Gasteiger partial charge < -0.3 is 0 Å². The average molecular weight is 379 g/mol. The second-order valence-electron chi connectivity index (χ2n) is 6.19. The number of hydrogen-bond donors (Lipinski definition) is 0. The molecule has 0 aliphatic rings. The monoisotopic (exact) mass is 379 g/mol. The highest BCUT2D eigenvalue weighted by atomic mass is 19.3. The van der Waals surface area contributed by atoms with Crippen LogP contribution in [0.15, 0.2) is 42.5 Å². The van der Waals surface area contributed by atoms with E-state index in [0.29, 0.717) is 31.2 Å². The van der Waals surface area contributed by atoms with Gasteiger partial charge in [-0.2, -0.15) is 14.0 Å². The predicted octanol–water partition coefficient (Wildman–Crippen LogP) is 6.92. The molecule has 0 aromatic heterocycles. The van der Waals surface area contributed by atoms with E-state index in [-0.39, 0.29) is 16.7 Å². The van der Waals surface area contributed by atoms with Gasteiger partial charge in [-0.3, -0.25) is 0 Å². The molecule has 2 rings (SSSR count). The summed E-state index contributed by atoms with van der Waals surface area (Å²) in [7, 11) is 0. The molecule has 0 bridgehead atoms. The van der Waals surface area contributed by atoms with Gasteiger partial charge in [0.25, 0.3) is 6.08 Å². The Morgan fingerprint density at radius 1 is 0.889 bits per heavy atom. The Morgan fingerprint density at radius 2 is 1.56 bits per heavy atom. The lowest BCUT2D eigenvalue weighted by Crippen LogP contribution is -1.96. The van der Waals surface area contributed by atoms with Crippen LogP contribution < -0.4 is 0 Å². The first kappa shape index (κ1) is 20.6. The molecule has 0 heterocycles. The van der Waals surface area contributed by atoms with Gasteiger partial charge in [-0.25, -0.2) is 13.2 Å². The zero-order valence-electron chi connectivity index (χ0n) is 14.5. The van der Waals surface area contributed by atoms with Crippen LogP contribution in [-0.4, -0.2) is 0 Å². The lowest BCUT2D eigenvalue weighted by Gasteiger charge is -2.09. The number of nitrogens with zero attached hydrogens (tertiary/aromatic N) is 1. The van der Waals surface area contributed by atoms with Gasteiger partial charge in [0.05, 0.1) is 11.1 Å². The summed E-state index contributed by atoms with van der Waals surface area (Å²) in [6, 6.07) is 7.52. The summed E-state index contributed by atoms with van der Waals surface area (Å²) in [6.45, 7) is 0. The van der Waals surface area contributed by atoms with Crippen molar-refractivity contribution in [1.82, 2.24) is 0 Å². The summed E-state index contributed by atoms with van der Waals surface area (Å²) in [5, 5.41) is 8.73. The topological polar surface area (TPSA) is 23.8 Å². The first-order valence-corrected chi connectivity index (χ1v) is 8.61. The molecule has 0 aliphatic heterocycles. The number of allylic oxidation sites excluding steroid dienone is 1. The third-order valence-electron chi connectivity index (χ3n) is 4.20. The van der Waals surface area contributed by atoms with Gasteiger partial charge in [-0.15, -0.1) is 0 Å². The molecule has 0 saturated heterocycles. The maximum Gasteiger partial charge on any atom is 0.266 e. The largest absolute Gasteiger partial charge is 0.266 e. The Hall–Kier alpha value is -2.68. The molecule has 0 amide bonds. The summed E-state index contributed by atoms with van der Waals surface area (Å²) < 4.78 is 66.2. The SMILES string of the molecule is N#Cc1ccc(-c2c(F)cc(CCCCCCC=C(F)F)cc2F)cc1F. The number of nitriles is 1. The van der Waals surface area contributed by atoms with Gasteiger partial charge in [0.1, 0.15) is 23.5 Å². The van der Waals surface area contributed by atoms with Crippen LogP contribution in [0.5, 0.6) is 0 Å². The van der Waals surface area contributed by atoms with Crippen LogP contribution in [0, 0.1) is 28.8 Å². The first-order valence-electron chi connectivity index (χ1n) is 8.61. The van der Waals surface area contributed by atoms with Crippen molar-refractivity contribution >= 4 is 0 Å². The van der Waals surface area contributed by atoms with Gasteiger partial charge in [-0.05, 0) is 67.2 Å². The Balaban J connectivity index is 1.99. The second kappa shape index (κ2) is 9.86. The molecule has 2 aromatic rings. The zero-order chi connectivity index (χ0) is 19.8. The number of benzene rings is 2. The normalized spacial score (nSPS) is 10.5. The third-order valence-corrected chi connectivity index (χ3v) is 4.20. The molecule has 27 heavy (non-hydrogen) atoms. The summed E-state index contributed by atoms with van der Waals surface area (Å²) in [5.74, 6) is -2.42. The highest BCUT2D eigenvalue weighted by molar-refractivity contribution is 5.66. The van der Waals surface area contributed by atoms with Gasteiger partial charge in [0.2, 0.25) is 0 Å². The predicted molar refractivity (Wildman–Crippen MR) is 93.6 cm³/mol. The van der Waals surface area contributed by atoms with E-state index in [1.54, 1.807) is 6.07 Å². The summed E-state index contributed by atoms with van der Waals surface area (Å²) >= 11 is 0. The molecular formula is C21H18F5N. The lowest BCUT2D eigenvalue weighted by atomic mass is 9.98. The van der Waals surface area contributed by atoms with Gasteiger partial charge in [0, 0.05) is 0 Å². The average Bonchev–Trinajstić information content (AvgIpc) is 2.60. The number of unbranched alkanes of at least 4 members (excludes halogenated alkanes) is 4. The van der Waals surface area contributed by atoms with Gasteiger partial charge in [-0.1, -0.05) is 18.9 Å². The van der Waals surface area contributed by atoms with Crippen LogP contribution in [0.2, 0.25) is 0 Å². The standard InChI is InChI=1S/C21H18F5N/c22-17-12-15(8-9-16(17)13-27)21-18(23)10-14(11-19(21)24)6-4-2-1-3-5-7-20(25)26/h7-12H,1-6H2. The fraction of sp³-hybridized carbons (Fsp3) is 0.286. The van der Waals surface area contributed by atoms with Crippen molar-refractivity contribution in [2.45, 2.75) is 38.5 Å². The van der Waals surface area contributed by atoms with E-state index >= 15 is 0 Å². The van der Waals surface area contributed by atoms with Crippen molar-refractivity contribution in [3.8, 4) is 17.2 Å². The molecule has 0 atom stereocenters. The number of aryl methyl sites for hydroxylation is 1. The smallest absolute Gasteiger partial charge is 0.206 e. The van der Waals surface area contributed by atoms with E-state index in [2.05, 4.69) is 0 Å². The Kier molecular flexibility index (Phi) is 7.54. The van der Waals surface area contributed by atoms with E-state index in [9.17, 15) is 22.0 Å². The Labute approximate surface area is 154 Å². The number of rotatable bonds is 8. The fourth-order valence-electron chi connectivity index (χ4n) is 2.85. The molecular weight excluding hydrogens is 361 g/mol. The fourth-order valence-corrected chi connectivity index (χ4v) is 2.85. The van der Waals surface area contributed by atoms with E-state index in [0.717, 1.165) is 25.0 Å². The van der Waals surface area contributed by atoms with Gasteiger partial charge >= 0.3 is 0 Å². The highest BCUT2D eigenvalue weighted by Crippen LogP contribution is 2.29. The molecule has 2 aromatic carbocycles. The molecule has 0 spiro atoms. The van der Waals surface area contributed by atoms with Crippen LogP contribution in [-0.2, 0) is 6.42 Å². The highest BCUT2D eigenvalue weighted by Gasteiger charge is 2.15. The molecule has 0 aliphatic carbocycles. The Morgan fingerprint density at radius 3 is 2.15 bits per heavy atom. The Bertz CT molecular complexity index is 840. The van der Waals surface area contributed by atoms with Crippen LogP contribution >= 0.6 is 0 Å². The first-order chi connectivity index (χ1) is 12.9. The maximum atomic E-state index is 14.4. The molecule has 6 heteroatoms. The van der Waals surface area contributed by atoms with E-state index < -0.39 is 23.5 Å². The molecule has 0 radical (unpaired) electrons. The summed E-state index contributed by atoms with van der Waals surface area (Å²) in [6.07, 6.45) is 2.85. The number of halogens is 5. The van der Waals surface area contributed by atoms with Crippen molar-refractivity contribution in [3.05, 3.63) is 71.1 Å². The molecule has 0 saturated carbocycles. The summed E-state index contributed by atoms with van der Waals surface area (Å²) in [4.78, 5) is 0. The molecule has 142 valence electrons. The van der Waals surface area contributed by atoms with E-state index in [1.807, 2.05) is 0 Å².